The Morgan fingerprint density at radius 2 is 1.83 bits per heavy atom. The van der Waals surface area contributed by atoms with Crippen LogP contribution in [-0.4, -0.2) is 11.0 Å². The van der Waals surface area contributed by atoms with Crippen molar-refractivity contribution < 1.29 is 14.1 Å². The minimum absolute atomic E-state index is 0.0218. The van der Waals surface area contributed by atoms with E-state index in [-0.39, 0.29) is 17.2 Å². The molecule has 0 aliphatic rings. The largest absolute Gasteiger partial charge is 0.491 e. The second-order valence-corrected chi connectivity index (χ2v) is 5.61. The Labute approximate surface area is 137 Å². The third-order valence-electron chi connectivity index (χ3n) is 3.51. The number of hydrogen-bond donors (Lipinski definition) is 0. The van der Waals surface area contributed by atoms with Gasteiger partial charge < -0.3 is 9.15 Å². The summed E-state index contributed by atoms with van der Waals surface area (Å²) in [4.78, 5) is 22.9. The maximum absolute atomic E-state index is 12.6. The van der Waals surface area contributed by atoms with Crippen molar-refractivity contribution in [3.8, 4) is 16.9 Å². The van der Waals surface area contributed by atoms with Crippen LogP contribution in [0.4, 0.5) is 5.69 Å². The molecule has 2 aromatic carbocycles. The van der Waals surface area contributed by atoms with Crippen LogP contribution in [0.2, 0.25) is 0 Å². The molecule has 1 heterocycles. The lowest BCUT2D eigenvalue weighted by Crippen LogP contribution is -2.07. The van der Waals surface area contributed by atoms with Crippen LogP contribution in [0.1, 0.15) is 13.8 Å². The van der Waals surface area contributed by atoms with Crippen LogP contribution in [0.15, 0.2) is 57.9 Å². The van der Waals surface area contributed by atoms with Gasteiger partial charge in [-0.2, -0.15) is 0 Å². The summed E-state index contributed by atoms with van der Waals surface area (Å²) in [5, 5.41) is 11.1. The van der Waals surface area contributed by atoms with E-state index in [1.807, 2.05) is 13.8 Å². The topological polar surface area (TPSA) is 82.6 Å². The fourth-order valence-corrected chi connectivity index (χ4v) is 2.42. The summed E-state index contributed by atoms with van der Waals surface area (Å²) in [6.45, 7) is 3.83. The summed E-state index contributed by atoms with van der Waals surface area (Å²) in [7, 11) is 0. The van der Waals surface area contributed by atoms with Crippen molar-refractivity contribution in [3.63, 3.8) is 0 Å². The number of nitro benzene ring substituents is 1. The molecule has 0 aliphatic heterocycles. The Hall–Kier alpha value is -3.15. The smallest absolute Gasteiger partial charge is 0.269 e. The van der Waals surface area contributed by atoms with E-state index in [4.69, 9.17) is 9.15 Å². The van der Waals surface area contributed by atoms with Gasteiger partial charge in [0.15, 0.2) is 5.43 Å². The van der Waals surface area contributed by atoms with Gasteiger partial charge >= 0.3 is 0 Å². The molecule has 0 fully saturated rings. The lowest BCUT2D eigenvalue weighted by atomic mass is 10.1. The quantitative estimate of drug-likeness (QED) is 0.531. The average Bonchev–Trinajstić information content (AvgIpc) is 2.54. The standard InChI is InChI=1S/C18H15NO5/c1-11(2)24-14-7-8-15-17(9-14)23-10-16(18(15)20)12-3-5-13(6-4-12)19(21)22/h3-11H,1-2H3. The van der Waals surface area contributed by atoms with Crippen LogP contribution in [-0.2, 0) is 0 Å². The third-order valence-corrected chi connectivity index (χ3v) is 3.51. The Kier molecular flexibility index (Phi) is 4.04. The van der Waals surface area contributed by atoms with Gasteiger partial charge in [0.05, 0.1) is 22.0 Å². The van der Waals surface area contributed by atoms with Crippen molar-refractivity contribution in [1.29, 1.82) is 0 Å². The molecule has 0 unspecified atom stereocenters. The van der Waals surface area contributed by atoms with E-state index < -0.39 is 4.92 Å². The van der Waals surface area contributed by atoms with E-state index in [1.54, 1.807) is 18.2 Å². The Morgan fingerprint density at radius 3 is 2.46 bits per heavy atom. The van der Waals surface area contributed by atoms with Crippen LogP contribution in [0, 0.1) is 10.1 Å². The molecule has 6 nitrogen and oxygen atoms in total. The Bertz CT molecular complexity index is 957. The molecule has 0 radical (unpaired) electrons. The Balaban J connectivity index is 2.05. The van der Waals surface area contributed by atoms with Crippen molar-refractivity contribution in [2.24, 2.45) is 0 Å². The maximum Gasteiger partial charge on any atom is 0.269 e. The first kappa shape index (κ1) is 15.7. The van der Waals surface area contributed by atoms with Crippen molar-refractivity contribution >= 4 is 16.7 Å². The first-order chi connectivity index (χ1) is 11.5. The minimum Gasteiger partial charge on any atom is -0.491 e. The zero-order chi connectivity index (χ0) is 17.3. The van der Waals surface area contributed by atoms with Gasteiger partial charge in [0.2, 0.25) is 0 Å². The SMILES string of the molecule is CC(C)Oc1ccc2c(=O)c(-c3ccc([N+](=O)[O-])cc3)coc2c1. The van der Waals surface area contributed by atoms with Gasteiger partial charge in [-0.25, -0.2) is 0 Å². The normalized spacial score (nSPS) is 11.0. The lowest BCUT2D eigenvalue weighted by molar-refractivity contribution is -0.384. The molecule has 0 N–H and O–H groups in total. The highest BCUT2D eigenvalue weighted by molar-refractivity contribution is 5.82. The summed E-state index contributed by atoms with van der Waals surface area (Å²) in [6, 6.07) is 10.8. The predicted molar refractivity (Wildman–Crippen MR) is 90.3 cm³/mol. The van der Waals surface area contributed by atoms with Crippen LogP contribution in [0.3, 0.4) is 0 Å². The summed E-state index contributed by atoms with van der Waals surface area (Å²) in [5.41, 5.74) is 1.14. The number of hydrogen-bond acceptors (Lipinski definition) is 5. The highest BCUT2D eigenvalue weighted by Gasteiger charge is 2.12. The molecular formula is C18H15NO5. The van der Waals surface area contributed by atoms with Gasteiger partial charge in [0, 0.05) is 18.2 Å². The van der Waals surface area contributed by atoms with E-state index >= 15 is 0 Å². The number of nitro groups is 1. The van der Waals surface area contributed by atoms with E-state index in [2.05, 4.69) is 0 Å². The van der Waals surface area contributed by atoms with Crippen molar-refractivity contribution in [2.75, 3.05) is 0 Å². The molecule has 1 aromatic heterocycles. The fraction of sp³-hybridized carbons (Fsp3) is 0.167. The number of rotatable bonds is 4. The Morgan fingerprint density at radius 1 is 1.12 bits per heavy atom. The molecule has 0 atom stereocenters. The van der Waals surface area contributed by atoms with Crippen LogP contribution < -0.4 is 10.2 Å². The zero-order valence-electron chi connectivity index (χ0n) is 13.2. The van der Waals surface area contributed by atoms with E-state index in [1.165, 1.54) is 30.5 Å². The van der Waals surface area contributed by atoms with Crippen LogP contribution >= 0.6 is 0 Å². The molecule has 0 saturated carbocycles. The first-order valence-corrected chi connectivity index (χ1v) is 7.43. The van der Waals surface area contributed by atoms with E-state index in [0.717, 1.165) is 0 Å². The fourth-order valence-electron chi connectivity index (χ4n) is 2.42. The minimum atomic E-state index is -0.483. The molecule has 0 amide bonds. The van der Waals surface area contributed by atoms with Gasteiger partial charge in [-0.3, -0.25) is 14.9 Å². The van der Waals surface area contributed by atoms with Crippen LogP contribution in [0.5, 0.6) is 5.75 Å². The zero-order valence-corrected chi connectivity index (χ0v) is 13.2. The summed E-state index contributed by atoms with van der Waals surface area (Å²) >= 11 is 0. The lowest BCUT2D eigenvalue weighted by Gasteiger charge is -2.10. The molecule has 3 aromatic rings. The summed E-state index contributed by atoms with van der Waals surface area (Å²) in [5.74, 6) is 0.628. The van der Waals surface area contributed by atoms with Gasteiger partial charge in [-0.15, -0.1) is 0 Å². The van der Waals surface area contributed by atoms with Crippen LogP contribution in [0.25, 0.3) is 22.1 Å². The number of nitrogens with zero attached hydrogens (tertiary/aromatic N) is 1. The third kappa shape index (κ3) is 2.99. The first-order valence-electron chi connectivity index (χ1n) is 7.43. The van der Waals surface area contributed by atoms with Crippen molar-refractivity contribution in [2.45, 2.75) is 20.0 Å². The van der Waals surface area contributed by atoms with Crippen molar-refractivity contribution in [1.82, 2.24) is 0 Å². The predicted octanol–water partition coefficient (Wildman–Crippen LogP) is 4.16. The summed E-state index contributed by atoms with van der Waals surface area (Å²) < 4.78 is 11.2. The maximum atomic E-state index is 12.6. The second kappa shape index (κ2) is 6.16. The molecule has 0 bridgehead atoms. The average molecular weight is 325 g/mol. The number of fused-ring (bicyclic) bond motifs is 1. The molecule has 6 heteroatoms. The second-order valence-electron chi connectivity index (χ2n) is 5.61. The summed E-state index contributed by atoms with van der Waals surface area (Å²) in [6.07, 6.45) is 1.39. The monoisotopic (exact) mass is 325 g/mol. The highest BCUT2D eigenvalue weighted by Crippen LogP contribution is 2.24. The van der Waals surface area contributed by atoms with Gasteiger partial charge in [0.25, 0.3) is 5.69 Å². The van der Waals surface area contributed by atoms with Gasteiger partial charge in [-0.1, -0.05) is 0 Å². The van der Waals surface area contributed by atoms with E-state index in [9.17, 15) is 14.9 Å². The number of ether oxygens (including phenoxy) is 1. The van der Waals surface area contributed by atoms with Crippen molar-refractivity contribution in [3.05, 3.63) is 69.1 Å². The molecule has 0 saturated heterocycles. The molecular weight excluding hydrogens is 310 g/mol. The van der Waals surface area contributed by atoms with E-state index in [0.29, 0.717) is 27.8 Å². The number of benzene rings is 2. The van der Waals surface area contributed by atoms with Gasteiger partial charge in [-0.05, 0) is 43.7 Å². The number of non-ortho nitro benzene ring substituents is 1. The molecule has 122 valence electrons. The molecule has 3 rings (SSSR count). The molecule has 24 heavy (non-hydrogen) atoms. The molecule has 0 spiro atoms. The molecule has 0 aliphatic carbocycles. The van der Waals surface area contributed by atoms with Gasteiger partial charge in [0.1, 0.15) is 17.6 Å². The highest BCUT2D eigenvalue weighted by atomic mass is 16.6.